The summed E-state index contributed by atoms with van der Waals surface area (Å²) in [5, 5.41) is 10.9. The predicted molar refractivity (Wildman–Crippen MR) is 87.6 cm³/mol. The molecule has 0 amide bonds. The minimum Gasteiger partial charge on any atom is -0.508 e. The van der Waals surface area contributed by atoms with Crippen LogP contribution in [0.1, 0.15) is 17.7 Å². The molecule has 24 heavy (non-hydrogen) atoms. The van der Waals surface area contributed by atoms with E-state index in [1.807, 2.05) is 0 Å². The van der Waals surface area contributed by atoms with Crippen LogP contribution < -0.4 is 5.32 Å². The third-order valence-corrected chi connectivity index (χ3v) is 4.62. The minimum absolute atomic E-state index is 0.0902. The van der Waals surface area contributed by atoms with Crippen molar-refractivity contribution in [2.75, 3.05) is 11.9 Å². The van der Waals surface area contributed by atoms with Crippen molar-refractivity contribution in [3.05, 3.63) is 60.2 Å². The lowest BCUT2D eigenvalue weighted by Crippen LogP contribution is -2.21. The number of phenolic OH excluding ortho intramolecular Hbond substituents is 1. The van der Waals surface area contributed by atoms with Gasteiger partial charge < -0.3 is 10.4 Å². The molecule has 0 aliphatic carbocycles. The number of nitrogens with one attached hydrogen (secondary N) is 1. The molecule has 0 heterocycles. The first kappa shape index (κ1) is 17.8. The Morgan fingerprint density at radius 3 is 2.38 bits per heavy atom. The largest absolute Gasteiger partial charge is 0.508 e. The van der Waals surface area contributed by atoms with Gasteiger partial charge in [0, 0.05) is 5.69 Å². The van der Waals surface area contributed by atoms with Gasteiger partial charge in [-0.15, -0.1) is 0 Å². The van der Waals surface area contributed by atoms with Crippen LogP contribution in [0.4, 0.5) is 5.69 Å². The lowest BCUT2D eigenvalue weighted by molar-refractivity contribution is -0.209. The van der Waals surface area contributed by atoms with E-state index in [-0.39, 0.29) is 12.3 Å². The Kier molecular flexibility index (Phi) is 5.78. The number of rotatable bonds is 7. The van der Waals surface area contributed by atoms with Crippen LogP contribution in [0.2, 0.25) is 0 Å². The molecular weight excluding hydrogens is 334 g/mol. The van der Waals surface area contributed by atoms with Gasteiger partial charge in [0.1, 0.15) is 17.5 Å². The summed E-state index contributed by atoms with van der Waals surface area (Å²) in [5.74, 6) is -0.806. The molecule has 2 aromatic rings. The molecule has 1 unspecified atom stereocenters. The average molecular weight is 351 g/mol. The van der Waals surface area contributed by atoms with E-state index in [0.29, 0.717) is 11.3 Å². The molecule has 8 heteroatoms. The van der Waals surface area contributed by atoms with Crippen molar-refractivity contribution in [3.8, 4) is 5.75 Å². The Morgan fingerprint density at radius 2 is 1.75 bits per heavy atom. The van der Waals surface area contributed by atoms with Gasteiger partial charge in [0.05, 0.1) is 0 Å². The lowest BCUT2D eigenvalue weighted by atomic mass is 10.2. The maximum absolute atomic E-state index is 12.0. The van der Waals surface area contributed by atoms with Crippen LogP contribution >= 0.6 is 0 Å². The molecule has 0 saturated heterocycles. The Hall–Kier alpha value is -2.58. The maximum atomic E-state index is 12.0. The third kappa shape index (κ3) is 4.97. The molecule has 0 saturated carbocycles. The second-order valence-corrected chi connectivity index (χ2v) is 6.80. The number of hydrogen-bond acceptors (Lipinski definition) is 7. The van der Waals surface area contributed by atoms with E-state index in [2.05, 4.69) is 14.5 Å². The monoisotopic (exact) mass is 351 g/mol. The number of aromatic hydroxyl groups is 1. The predicted octanol–water partition coefficient (Wildman–Crippen LogP) is 2.37. The third-order valence-electron chi connectivity index (χ3n) is 3.23. The number of benzene rings is 2. The van der Waals surface area contributed by atoms with E-state index >= 15 is 0 Å². The van der Waals surface area contributed by atoms with Gasteiger partial charge in [-0.25, -0.2) is 4.79 Å². The van der Waals surface area contributed by atoms with Crippen LogP contribution in [-0.2, 0) is 24.1 Å². The minimum atomic E-state index is -4.10. The number of carbonyl (C=O) groups is 1. The summed E-state index contributed by atoms with van der Waals surface area (Å²) in [7, 11) is -4.10. The summed E-state index contributed by atoms with van der Waals surface area (Å²) in [4.78, 5) is 15.9. The van der Waals surface area contributed by atoms with Crippen molar-refractivity contribution >= 4 is 21.8 Å². The number of hydrogen-bond donors (Lipinski definition) is 2. The highest BCUT2D eigenvalue weighted by atomic mass is 32.2. The maximum Gasteiger partial charge on any atom is 0.362 e. The van der Waals surface area contributed by atoms with Gasteiger partial charge in [-0.05, 0) is 36.8 Å². The smallest absolute Gasteiger partial charge is 0.362 e. The summed E-state index contributed by atoms with van der Waals surface area (Å²) < 4.78 is 28.4. The van der Waals surface area contributed by atoms with E-state index in [9.17, 15) is 13.2 Å². The summed E-state index contributed by atoms with van der Waals surface area (Å²) in [5.41, 5.74) is 1.08. The van der Waals surface area contributed by atoms with Crippen molar-refractivity contribution in [1.29, 1.82) is 0 Å². The molecule has 2 N–H and O–H groups in total. The van der Waals surface area contributed by atoms with E-state index < -0.39 is 21.3 Å². The molecule has 0 bridgehead atoms. The molecule has 0 spiro atoms. The van der Waals surface area contributed by atoms with Gasteiger partial charge in [0.15, 0.2) is 0 Å². The van der Waals surface area contributed by atoms with Crippen molar-refractivity contribution in [1.82, 2.24) is 0 Å². The van der Waals surface area contributed by atoms with Gasteiger partial charge in [-0.2, -0.15) is 8.42 Å². The van der Waals surface area contributed by atoms with Gasteiger partial charge in [-0.1, -0.05) is 34.7 Å². The number of phenols is 1. The molecule has 128 valence electrons. The molecule has 7 nitrogen and oxygen atoms in total. The van der Waals surface area contributed by atoms with Crippen LogP contribution in [0, 0.1) is 0 Å². The highest BCUT2D eigenvalue weighted by Crippen LogP contribution is 2.23. The van der Waals surface area contributed by atoms with Gasteiger partial charge >= 0.3 is 16.1 Å². The summed E-state index contributed by atoms with van der Waals surface area (Å²) in [6, 6.07) is 14.4. The van der Waals surface area contributed by atoms with Gasteiger partial charge in [-0.3, -0.25) is 4.89 Å². The highest BCUT2D eigenvalue weighted by Gasteiger charge is 2.26. The molecule has 0 aliphatic heterocycles. The first-order chi connectivity index (χ1) is 11.4. The number of carbonyl (C=O) groups excluding carboxylic acids is 1. The van der Waals surface area contributed by atoms with E-state index in [4.69, 9.17) is 5.11 Å². The Bertz CT molecular complexity index is 774. The molecule has 0 radical (unpaired) electrons. The lowest BCUT2D eigenvalue weighted by Gasteiger charge is -2.12. The Labute approximate surface area is 139 Å². The number of anilines is 1. The zero-order valence-corrected chi connectivity index (χ0v) is 13.7. The second kappa shape index (κ2) is 7.80. The van der Waals surface area contributed by atoms with Crippen LogP contribution in [0.25, 0.3) is 0 Å². The zero-order valence-electron chi connectivity index (χ0n) is 12.9. The fourth-order valence-electron chi connectivity index (χ4n) is 1.82. The summed E-state index contributed by atoms with van der Waals surface area (Å²) in [6.45, 7) is 1.15. The van der Waals surface area contributed by atoms with E-state index in [1.54, 1.807) is 42.5 Å². The zero-order chi connectivity index (χ0) is 17.6. The SMILES string of the molecule is CC(c1ccccc1)S(=O)(=O)OOC(=O)CNc1ccc(O)cc1. The van der Waals surface area contributed by atoms with Crippen molar-refractivity contribution in [2.45, 2.75) is 12.2 Å². The van der Waals surface area contributed by atoms with Crippen LogP contribution in [-0.4, -0.2) is 26.0 Å². The quantitative estimate of drug-likeness (QED) is 0.448. The first-order valence-corrected chi connectivity index (χ1v) is 8.56. The van der Waals surface area contributed by atoms with Gasteiger partial charge in [0.25, 0.3) is 0 Å². The standard InChI is InChI=1S/C16H17NO6S/c1-12(13-5-3-2-4-6-13)24(20,21)23-22-16(19)11-17-14-7-9-15(18)10-8-14/h2-10,12,17-18H,11H2,1H3. The Balaban J connectivity index is 1.85. The van der Waals surface area contributed by atoms with Crippen molar-refractivity contribution in [2.24, 2.45) is 0 Å². The first-order valence-electron chi connectivity index (χ1n) is 7.09. The molecule has 1 atom stereocenters. The summed E-state index contributed by atoms with van der Waals surface area (Å²) in [6.07, 6.45) is 0. The summed E-state index contributed by atoms with van der Waals surface area (Å²) >= 11 is 0. The van der Waals surface area contributed by atoms with Crippen LogP contribution in [0.15, 0.2) is 54.6 Å². The molecule has 0 aliphatic rings. The van der Waals surface area contributed by atoms with Crippen molar-refractivity contribution in [3.63, 3.8) is 0 Å². The highest BCUT2D eigenvalue weighted by molar-refractivity contribution is 7.86. The average Bonchev–Trinajstić information content (AvgIpc) is 2.59. The Morgan fingerprint density at radius 1 is 1.12 bits per heavy atom. The van der Waals surface area contributed by atoms with Crippen molar-refractivity contribution < 1.29 is 27.5 Å². The van der Waals surface area contributed by atoms with Crippen LogP contribution in [0.5, 0.6) is 5.75 Å². The fraction of sp³-hybridized carbons (Fsp3) is 0.188. The van der Waals surface area contributed by atoms with E-state index in [1.165, 1.54) is 19.1 Å². The normalized spacial score (nSPS) is 12.4. The topological polar surface area (TPSA) is 102 Å². The molecule has 0 fully saturated rings. The fourth-order valence-corrected chi connectivity index (χ4v) is 2.60. The van der Waals surface area contributed by atoms with Gasteiger partial charge in [0.2, 0.25) is 0 Å². The molecular formula is C16H17NO6S. The molecule has 2 aromatic carbocycles. The second-order valence-electron chi connectivity index (χ2n) is 4.97. The molecule has 0 aromatic heterocycles. The van der Waals surface area contributed by atoms with E-state index in [0.717, 1.165) is 0 Å². The molecule has 2 rings (SSSR count). The van der Waals surface area contributed by atoms with Crippen LogP contribution in [0.3, 0.4) is 0 Å².